The standard InChI is InChI=1S/C10H8ClN3/c11-10-6-8(12)7-13-14(10)9-4-2-1-3-5-9/h1-7,12H/p+1. The second-order valence-corrected chi connectivity index (χ2v) is 3.25. The minimum atomic E-state index is 0.496. The number of nitrogens with zero attached hydrogens (tertiary/aromatic N) is 2. The summed E-state index contributed by atoms with van der Waals surface area (Å²) in [7, 11) is 0. The Hall–Kier alpha value is -1.61. The Balaban J connectivity index is 2.53. The lowest BCUT2D eigenvalue weighted by atomic mass is 10.3. The largest absolute Gasteiger partial charge is 0.397 e. The molecule has 14 heavy (non-hydrogen) atoms. The predicted molar refractivity (Wildman–Crippen MR) is 55.2 cm³/mol. The van der Waals surface area contributed by atoms with E-state index in [0.717, 1.165) is 5.69 Å². The Labute approximate surface area is 86.7 Å². The highest BCUT2D eigenvalue weighted by Gasteiger charge is 2.13. The van der Waals surface area contributed by atoms with Crippen molar-refractivity contribution in [1.29, 1.82) is 0 Å². The van der Waals surface area contributed by atoms with Crippen LogP contribution >= 0.6 is 11.6 Å². The summed E-state index contributed by atoms with van der Waals surface area (Å²) in [4.78, 5) is 0. The quantitative estimate of drug-likeness (QED) is 0.721. The van der Waals surface area contributed by atoms with E-state index in [2.05, 4.69) is 5.10 Å². The Morgan fingerprint density at radius 3 is 2.57 bits per heavy atom. The normalized spacial score (nSPS) is 10.1. The zero-order valence-electron chi connectivity index (χ0n) is 7.39. The van der Waals surface area contributed by atoms with Crippen LogP contribution in [0.25, 0.3) is 5.69 Å². The van der Waals surface area contributed by atoms with E-state index in [0.29, 0.717) is 10.8 Å². The molecule has 0 saturated heterocycles. The molecular weight excluding hydrogens is 198 g/mol. The summed E-state index contributed by atoms with van der Waals surface area (Å²) < 4.78 is 1.62. The van der Waals surface area contributed by atoms with E-state index in [1.165, 1.54) is 0 Å². The van der Waals surface area contributed by atoms with Crippen molar-refractivity contribution in [3.63, 3.8) is 0 Å². The van der Waals surface area contributed by atoms with E-state index in [-0.39, 0.29) is 0 Å². The van der Waals surface area contributed by atoms with Gasteiger partial charge in [0.15, 0.2) is 0 Å². The number of nitrogen functional groups attached to an aromatic ring is 1. The molecule has 0 unspecified atom stereocenters. The predicted octanol–water partition coefficient (Wildman–Crippen LogP) is 1.59. The van der Waals surface area contributed by atoms with Crippen LogP contribution in [0.1, 0.15) is 0 Å². The molecule has 0 aliphatic heterocycles. The summed E-state index contributed by atoms with van der Waals surface area (Å²) in [5.74, 6) is 0. The van der Waals surface area contributed by atoms with Gasteiger partial charge in [0.2, 0.25) is 5.69 Å². The fourth-order valence-electron chi connectivity index (χ4n) is 1.17. The first-order valence-corrected chi connectivity index (χ1v) is 4.54. The molecular formula is C10H9ClN3+. The topological polar surface area (TPSA) is 42.8 Å². The van der Waals surface area contributed by atoms with Gasteiger partial charge >= 0.3 is 5.15 Å². The fourth-order valence-corrected chi connectivity index (χ4v) is 1.44. The molecule has 0 atom stereocenters. The van der Waals surface area contributed by atoms with Gasteiger partial charge in [0, 0.05) is 17.2 Å². The minimum Gasteiger partial charge on any atom is -0.397 e. The van der Waals surface area contributed by atoms with Crippen molar-refractivity contribution in [2.75, 3.05) is 5.73 Å². The average molecular weight is 207 g/mol. The lowest BCUT2D eigenvalue weighted by molar-refractivity contribution is -0.657. The Morgan fingerprint density at radius 2 is 1.93 bits per heavy atom. The third kappa shape index (κ3) is 1.67. The van der Waals surface area contributed by atoms with Crippen LogP contribution in [0.5, 0.6) is 0 Å². The zero-order valence-corrected chi connectivity index (χ0v) is 8.15. The number of anilines is 1. The van der Waals surface area contributed by atoms with Crippen molar-refractivity contribution in [3.05, 3.63) is 47.7 Å². The molecule has 0 bridgehead atoms. The Kier molecular flexibility index (Phi) is 2.33. The first kappa shape index (κ1) is 8.97. The van der Waals surface area contributed by atoms with Gasteiger partial charge in [0.05, 0.1) is 11.8 Å². The van der Waals surface area contributed by atoms with Crippen LogP contribution in [-0.2, 0) is 0 Å². The highest BCUT2D eigenvalue weighted by Crippen LogP contribution is 2.08. The molecule has 1 aromatic heterocycles. The van der Waals surface area contributed by atoms with Crippen molar-refractivity contribution >= 4 is 17.3 Å². The molecule has 0 saturated carbocycles. The van der Waals surface area contributed by atoms with Gasteiger partial charge in [0.1, 0.15) is 6.20 Å². The number of para-hydroxylation sites is 1. The molecule has 70 valence electrons. The summed E-state index contributed by atoms with van der Waals surface area (Å²) in [5, 5.41) is 4.60. The molecule has 0 fully saturated rings. The number of hydrogen-bond donors (Lipinski definition) is 1. The summed E-state index contributed by atoms with van der Waals surface area (Å²) in [6.07, 6.45) is 1.57. The van der Waals surface area contributed by atoms with Gasteiger partial charge in [-0.1, -0.05) is 18.2 Å². The Morgan fingerprint density at radius 1 is 1.21 bits per heavy atom. The van der Waals surface area contributed by atoms with Gasteiger partial charge in [-0.3, -0.25) is 0 Å². The third-order valence-corrected chi connectivity index (χ3v) is 2.08. The number of aromatic nitrogens is 2. The maximum atomic E-state index is 5.98. The van der Waals surface area contributed by atoms with Gasteiger partial charge in [-0.2, -0.15) is 0 Å². The molecule has 0 aliphatic carbocycles. The molecule has 1 heterocycles. The molecule has 2 N–H and O–H groups in total. The first-order chi connectivity index (χ1) is 6.77. The number of rotatable bonds is 1. The highest BCUT2D eigenvalue weighted by atomic mass is 35.5. The van der Waals surface area contributed by atoms with Gasteiger partial charge in [-0.15, -0.1) is 0 Å². The molecule has 0 amide bonds. The molecule has 0 spiro atoms. The van der Waals surface area contributed by atoms with Gasteiger partial charge in [0.25, 0.3) is 0 Å². The summed E-state index contributed by atoms with van der Waals surface area (Å²) in [6.45, 7) is 0. The van der Waals surface area contributed by atoms with Crippen molar-refractivity contribution in [2.45, 2.75) is 0 Å². The van der Waals surface area contributed by atoms with Crippen LogP contribution < -0.4 is 10.4 Å². The maximum absolute atomic E-state index is 5.98. The van der Waals surface area contributed by atoms with E-state index in [4.69, 9.17) is 17.3 Å². The van der Waals surface area contributed by atoms with Crippen LogP contribution in [0.3, 0.4) is 0 Å². The van der Waals surface area contributed by atoms with Crippen molar-refractivity contribution in [3.8, 4) is 5.69 Å². The average Bonchev–Trinajstić information content (AvgIpc) is 2.19. The highest BCUT2D eigenvalue weighted by molar-refractivity contribution is 6.28. The first-order valence-electron chi connectivity index (χ1n) is 4.16. The molecule has 2 aromatic rings. The smallest absolute Gasteiger partial charge is 0.309 e. The van der Waals surface area contributed by atoms with Crippen LogP contribution in [0, 0.1) is 0 Å². The number of halogens is 1. The van der Waals surface area contributed by atoms with Crippen LogP contribution in [0.15, 0.2) is 42.6 Å². The molecule has 2 rings (SSSR count). The van der Waals surface area contributed by atoms with Crippen molar-refractivity contribution in [2.24, 2.45) is 0 Å². The minimum absolute atomic E-state index is 0.496. The second-order valence-electron chi connectivity index (χ2n) is 2.86. The summed E-state index contributed by atoms with van der Waals surface area (Å²) >= 11 is 5.98. The van der Waals surface area contributed by atoms with Crippen LogP contribution in [0.2, 0.25) is 5.15 Å². The van der Waals surface area contributed by atoms with Gasteiger partial charge in [-0.05, 0) is 16.3 Å². The second kappa shape index (κ2) is 3.64. The van der Waals surface area contributed by atoms with Crippen molar-refractivity contribution < 1.29 is 4.68 Å². The molecule has 0 radical (unpaired) electrons. The summed E-state index contributed by atoms with van der Waals surface area (Å²) in [6, 6.07) is 11.3. The van der Waals surface area contributed by atoms with Crippen molar-refractivity contribution in [1.82, 2.24) is 5.10 Å². The third-order valence-electron chi connectivity index (χ3n) is 1.81. The Bertz CT molecular complexity index is 442. The summed E-state index contributed by atoms with van der Waals surface area (Å²) in [5.41, 5.74) is 7.02. The van der Waals surface area contributed by atoms with E-state index in [1.54, 1.807) is 16.9 Å². The van der Waals surface area contributed by atoms with Crippen LogP contribution in [0.4, 0.5) is 5.69 Å². The van der Waals surface area contributed by atoms with Gasteiger partial charge in [-0.25, -0.2) is 0 Å². The molecule has 0 aliphatic rings. The number of hydrogen-bond acceptors (Lipinski definition) is 2. The SMILES string of the molecule is Nc1cn[n+](-c2ccccc2)c(Cl)c1. The molecule has 1 aromatic carbocycles. The lowest BCUT2D eigenvalue weighted by Crippen LogP contribution is -2.36. The van der Waals surface area contributed by atoms with Crippen LogP contribution in [-0.4, -0.2) is 5.10 Å². The van der Waals surface area contributed by atoms with E-state index in [9.17, 15) is 0 Å². The monoisotopic (exact) mass is 206 g/mol. The van der Waals surface area contributed by atoms with E-state index < -0.39 is 0 Å². The fraction of sp³-hybridized carbons (Fsp3) is 0. The van der Waals surface area contributed by atoms with E-state index in [1.807, 2.05) is 30.3 Å². The van der Waals surface area contributed by atoms with Gasteiger partial charge < -0.3 is 5.73 Å². The van der Waals surface area contributed by atoms with E-state index >= 15 is 0 Å². The lowest BCUT2D eigenvalue weighted by Gasteiger charge is -1.95. The number of benzene rings is 1. The number of nitrogens with two attached hydrogens (primary N) is 1. The molecule has 3 nitrogen and oxygen atoms in total. The molecule has 4 heteroatoms. The maximum Gasteiger partial charge on any atom is 0.309 e. The zero-order chi connectivity index (χ0) is 9.97.